The average molecular weight is 486 g/mol. The number of esters is 1. The normalized spacial score (nSPS) is 14.1. The van der Waals surface area contributed by atoms with Crippen molar-refractivity contribution in [1.82, 2.24) is 4.90 Å². The molecule has 0 saturated carbocycles. The number of rotatable bonds is 8. The summed E-state index contributed by atoms with van der Waals surface area (Å²) in [6.45, 7) is 3.37. The first-order valence-electron chi connectivity index (χ1n) is 11.4. The Morgan fingerprint density at radius 3 is 2.23 bits per heavy atom. The van der Waals surface area contributed by atoms with Gasteiger partial charge in [-0.05, 0) is 56.6 Å². The molecule has 0 spiro atoms. The first kappa shape index (κ1) is 24.6. The molecule has 0 aliphatic carbocycles. The van der Waals surface area contributed by atoms with E-state index in [-0.39, 0.29) is 35.8 Å². The number of hydrogen-bond acceptors (Lipinski definition) is 5. The number of carbonyl (C=O) groups is 1. The van der Waals surface area contributed by atoms with Gasteiger partial charge in [0.2, 0.25) is 0 Å². The van der Waals surface area contributed by atoms with E-state index in [4.69, 9.17) is 9.47 Å². The van der Waals surface area contributed by atoms with Crippen LogP contribution in [0, 0.1) is 6.92 Å². The SMILES string of the molecule is Cc1c(OC(F)(F)F)c(CN2CCCC2)cc(OCc2ccccc2)c1C(=O)Oc1ccccc1. The number of benzene rings is 3. The monoisotopic (exact) mass is 485 g/mol. The van der Waals surface area contributed by atoms with Crippen LogP contribution < -0.4 is 14.2 Å². The first-order chi connectivity index (χ1) is 16.8. The summed E-state index contributed by atoms with van der Waals surface area (Å²) in [5.74, 6) is -0.797. The van der Waals surface area contributed by atoms with Crippen LogP contribution in [-0.4, -0.2) is 30.3 Å². The predicted molar refractivity (Wildman–Crippen MR) is 125 cm³/mol. The van der Waals surface area contributed by atoms with Gasteiger partial charge < -0.3 is 14.2 Å². The number of alkyl halides is 3. The molecule has 3 aromatic carbocycles. The Morgan fingerprint density at radius 2 is 1.60 bits per heavy atom. The van der Waals surface area contributed by atoms with Crippen LogP contribution in [0.4, 0.5) is 13.2 Å². The molecule has 0 amide bonds. The van der Waals surface area contributed by atoms with Gasteiger partial charge in [0.25, 0.3) is 0 Å². The fraction of sp³-hybridized carbons (Fsp3) is 0.296. The molecule has 0 N–H and O–H groups in total. The highest BCUT2D eigenvalue weighted by Gasteiger charge is 2.35. The Kier molecular flexibility index (Phi) is 7.60. The van der Waals surface area contributed by atoms with Crippen molar-refractivity contribution in [2.45, 2.75) is 39.3 Å². The molecule has 0 bridgehead atoms. The van der Waals surface area contributed by atoms with E-state index in [2.05, 4.69) is 9.64 Å². The van der Waals surface area contributed by atoms with E-state index in [0.29, 0.717) is 5.56 Å². The lowest BCUT2D eigenvalue weighted by atomic mass is 10.0. The Balaban J connectivity index is 1.76. The Bertz CT molecular complexity index is 1140. The second-order valence-corrected chi connectivity index (χ2v) is 8.37. The molecule has 5 nitrogen and oxygen atoms in total. The third-order valence-corrected chi connectivity index (χ3v) is 5.76. The second kappa shape index (κ2) is 10.8. The minimum atomic E-state index is -4.92. The molecule has 1 saturated heterocycles. The lowest BCUT2D eigenvalue weighted by Crippen LogP contribution is -2.24. The number of ether oxygens (including phenoxy) is 3. The van der Waals surface area contributed by atoms with Gasteiger partial charge in [0.05, 0.1) is 0 Å². The fourth-order valence-corrected chi connectivity index (χ4v) is 4.14. The maximum atomic E-state index is 13.4. The van der Waals surface area contributed by atoms with E-state index in [9.17, 15) is 18.0 Å². The van der Waals surface area contributed by atoms with Crippen LogP contribution in [-0.2, 0) is 13.2 Å². The minimum absolute atomic E-state index is 0.0167. The van der Waals surface area contributed by atoms with Crippen molar-refractivity contribution in [3.63, 3.8) is 0 Å². The van der Waals surface area contributed by atoms with Crippen LogP contribution in [0.3, 0.4) is 0 Å². The fourth-order valence-electron chi connectivity index (χ4n) is 4.14. The van der Waals surface area contributed by atoms with E-state index < -0.39 is 18.1 Å². The second-order valence-electron chi connectivity index (χ2n) is 8.37. The molecule has 8 heteroatoms. The van der Waals surface area contributed by atoms with Gasteiger partial charge in [0.1, 0.15) is 29.4 Å². The van der Waals surface area contributed by atoms with Gasteiger partial charge >= 0.3 is 12.3 Å². The summed E-state index contributed by atoms with van der Waals surface area (Å²) in [5.41, 5.74) is 1.07. The van der Waals surface area contributed by atoms with Gasteiger partial charge in [0, 0.05) is 17.7 Å². The van der Waals surface area contributed by atoms with Gasteiger partial charge in [-0.1, -0.05) is 48.5 Å². The summed E-state index contributed by atoms with van der Waals surface area (Å²) >= 11 is 0. The minimum Gasteiger partial charge on any atom is -0.488 e. The Hall–Kier alpha value is -3.52. The van der Waals surface area contributed by atoms with Gasteiger partial charge in [-0.3, -0.25) is 4.90 Å². The standard InChI is InChI=1S/C27H26F3NO4/c1-19-24(26(32)34-22-12-6-3-7-13-22)23(33-18-20-10-4-2-5-11-20)16-21(17-31-14-8-9-15-31)25(19)35-27(28,29)30/h2-7,10-13,16H,8-9,14-15,17-18H2,1H3. The predicted octanol–water partition coefficient (Wildman–Crippen LogP) is 6.29. The zero-order valence-corrected chi connectivity index (χ0v) is 19.3. The van der Waals surface area contributed by atoms with E-state index in [1.54, 1.807) is 30.3 Å². The van der Waals surface area contributed by atoms with Crippen LogP contribution in [0.5, 0.6) is 17.2 Å². The summed E-state index contributed by atoms with van der Waals surface area (Å²) in [4.78, 5) is 15.2. The topological polar surface area (TPSA) is 48.0 Å². The number of carbonyl (C=O) groups excluding carboxylic acids is 1. The van der Waals surface area contributed by atoms with Crippen LogP contribution in [0.1, 0.15) is 39.9 Å². The van der Waals surface area contributed by atoms with Crippen molar-refractivity contribution in [2.24, 2.45) is 0 Å². The zero-order chi connectivity index (χ0) is 24.8. The number of halogens is 3. The molecule has 1 heterocycles. The van der Waals surface area contributed by atoms with E-state index in [1.165, 1.54) is 13.0 Å². The molecular formula is C27H26F3NO4. The summed E-state index contributed by atoms with van der Waals surface area (Å²) in [7, 11) is 0. The number of para-hydroxylation sites is 1. The highest BCUT2D eigenvalue weighted by atomic mass is 19.4. The molecule has 1 aliphatic rings. The van der Waals surface area contributed by atoms with Crippen molar-refractivity contribution in [1.29, 1.82) is 0 Å². The van der Waals surface area contributed by atoms with Crippen molar-refractivity contribution < 1.29 is 32.2 Å². The highest BCUT2D eigenvalue weighted by molar-refractivity contribution is 5.96. The van der Waals surface area contributed by atoms with Crippen molar-refractivity contribution in [3.8, 4) is 17.2 Å². The summed E-state index contributed by atoms with van der Waals surface area (Å²) < 4.78 is 56.0. The van der Waals surface area contributed by atoms with Crippen LogP contribution in [0.2, 0.25) is 0 Å². The molecule has 35 heavy (non-hydrogen) atoms. The summed E-state index contributed by atoms with van der Waals surface area (Å²) in [6, 6.07) is 19.1. The number of likely N-dealkylation sites (tertiary alicyclic amines) is 1. The maximum Gasteiger partial charge on any atom is 0.573 e. The zero-order valence-electron chi connectivity index (χ0n) is 19.3. The largest absolute Gasteiger partial charge is 0.573 e. The molecule has 0 radical (unpaired) electrons. The highest BCUT2D eigenvalue weighted by Crippen LogP contribution is 2.39. The van der Waals surface area contributed by atoms with Crippen LogP contribution in [0.25, 0.3) is 0 Å². The number of hydrogen-bond donors (Lipinski definition) is 0. The summed E-state index contributed by atoms with van der Waals surface area (Å²) in [5, 5.41) is 0. The van der Waals surface area contributed by atoms with E-state index in [1.807, 2.05) is 30.3 Å². The quantitative estimate of drug-likeness (QED) is 0.277. The maximum absolute atomic E-state index is 13.4. The van der Waals surface area contributed by atoms with Crippen LogP contribution in [0.15, 0.2) is 66.7 Å². The number of nitrogens with zero attached hydrogens (tertiary/aromatic N) is 1. The van der Waals surface area contributed by atoms with Crippen LogP contribution >= 0.6 is 0 Å². The lowest BCUT2D eigenvalue weighted by Gasteiger charge is -2.23. The van der Waals surface area contributed by atoms with Gasteiger partial charge in [-0.2, -0.15) is 0 Å². The molecule has 4 rings (SSSR count). The molecule has 184 valence electrons. The van der Waals surface area contributed by atoms with Gasteiger partial charge in [-0.25, -0.2) is 4.79 Å². The third-order valence-electron chi connectivity index (χ3n) is 5.76. The van der Waals surface area contributed by atoms with E-state index in [0.717, 1.165) is 31.5 Å². The molecule has 1 aliphatic heterocycles. The molecular weight excluding hydrogens is 459 g/mol. The van der Waals surface area contributed by atoms with Gasteiger partial charge in [-0.15, -0.1) is 13.2 Å². The summed E-state index contributed by atoms with van der Waals surface area (Å²) in [6.07, 6.45) is -2.96. The molecule has 0 unspecified atom stereocenters. The molecule has 3 aromatic rings. The van der Waals surface area contributed by atoms with Crippen molar-refractivity contribution >= 4 is 5.97 Å². The molecule has 0 aromatic heterocycles. The third kappa shape index (κ3) is 6.54. The first-order valence-corrected chi connectivity index (χ1v) is 11.4. The molecule has 0 atom stereocenters. The van der Waals surface area contributed by atoms with Crippen molar-refractivity contribution in [2.75, 3.05) is 13.1 Å². The Labute approximate surface area is 202 Å². The smallest absolute Gasteiger partial charge is 0.488 e. The van der Waals surface area contributed by atoms with Gasteiger partial charge in [0.15, 0.2) is 0 Å². The molecule has 1 fully saturated rings. The van der Waals surface area contributed by atoms with E-state index >= 15 is 0 Å². The average Bonchev–Trinajstić information content (AvgIpc) is 3.34. The lowest BCUT2D eigenvalue weighted by molar-refractivity contribution is -0.275. The van der Waals surface area contributed by atoms with Crippen molar-refractivity contribution in [3.05, 3.63) is 89.0 Å². The Morgan fingerprint density at radius 1 is 0.971 bits per heavy atom.